The fourth-order valence-corrected chi connectivity index (χ4v) is 5.82. The number of nitrogens with zero attached hydrogens (tertiary/aromatic N) is 3. The quantitative estimate of drug-likeness (QED) is 0.268. The standard InChI is InChI=1S/C26H18FN5O2S2/c1-34-26-21-9-17(12-29-26)22-10-20-24(35-22)23(31-13-30-20)16-5-14(6-18(27)7-16)11-28-25(33)15-3-2-4-19(8-15)36-32-21/h2-10,12-13,32H,11H2,1H3,(H,28,33). The first kappa shape index (κ1) is 22.4. The predicted molar refractivity (Wildman–Crippen MR) is 140 cm³/mol. The molecular formula is C26H18FN5O2S2. The lowest BCUT2D eigenvalue weighted by Gasteiger charge is -2.12. The lowest BCUT2D eigenvalue weighted by Crippen LogP contribution is -2.22. The van der Waals surface area contributed by atoms with E-state index in [0.29, 0.717) is 34.0 Å². The number of nitrogens with one attached hydrogen (secondary N) is 2. The van der Waals surface area contributed by atoms with Crippen LogP contribution in [0.1, 0.15) is 15.9 Å². The smallest absolute Gasteiger partial charge is 0.251 e. The number of rotatable bonds is 1. The summed E-state index contributed by atoms with van der Waals surface area (Å²) >= 11 is 2.86. The molecule has 7 nitrogen and oxygen atoms in total. The number of amides is 1. The van der Waals surface area contributed by atoms with Gasteiger partial charge in [-0.25, -0.2) is 19.3 Å². The summed E-state index contributed by atoms with van der Waals surface area (Å²) in [6, 6.07) is 15.9. The van der Waals surface area contributed by atoms with Crippen LogP contribution in [0.2, 0.25) is 0 Å². The SMILES string of the molecule is COc1ncc2cc1NSc1cccc(c1)C(=O)NCc1cc(F)cc(c1)-c1ncnc3cc-2sc13. The van der Waals surface area contributed by atoms with Gasteiger partial charge < -0.3 is 14.8 Å². The number of benzene rings is 2. The highest BCUT2D eigenvalue weighted by Gasteiger charge is 2.16. The highest BCUT2D eigenvalue weighted by molar-refractivity contribution is 8.00. The Morgan fingerprint density at radius 3 is 2.81 bits per heavy atom. The maximum atomic E-state index is 14.6. The molecule has 1 aliphatic rings. The minimum Gasteiger partial charge on any atom is -0.480 e. The van der Waals surface area contributed by atoms with Gasteiger partial charge in [-0.1, -0.05) is 6.07 Å². The highest BCUT2D eigenvalue weighted by atomic mass is 32.2. The third-order valence-corrected chi connectivity index (χ3v) is 7.69. The third-order valence-electron chi connectivity index (χ3n) is 5.70. The summed E-state index contributed by atoms with van der Waals surface area (Å²) in [5.74, 6) is -0.204. The third kappa shape index (κ3) is 4.25. The first-order chi connectivity index (χ1) is 17.6. The molecule has 36 heavy (non-hydrogen) atoms. The van der Waals surface area contributed by atoms with Crippen LogP contribution in [0.5, 0.6) is 5.88 Å². The van der Waals surface area contributed by atoms with Gasteiger partial charge in [0.25, 0.3) is 5.91 Å². The second-order valence-electron chi connectivity index (χ2n) is 8.09. The van der Waals surface area contributed by atoms with Gasteiger partial charge >= 0.3 is 0 Å². The molecule has 1 amide bonds. The van der Waals surface area contributed by atoms with Crippen LogP contribution in [0.3, 0.4) is 0 Å². The van der Waals surface area contributed by atoms with E-state index in [4.69, 9.17) is 4.74 Å². The fourth-order valence-electron chi connectivity index (χ4n) is 4.01. The van der Waals surface area contributed by atoms with E-state index in [1.807, 2.05) is 30.3 Å². The van der Waals surface area contributed by atoms with E-state index >= 15 is 0 Å². The Labute approximate surface area is 213 Å². The number of anilines is 1. The molecule has 6 rings (SSSR count). The summed E-state index contributed by atoms with van der Waals surface area (Å²) in [6.45, 7) is 0.177. The molecule has 5 aromatic rings. The van der Waals surface area contributed by atoms with Crippen molar-refractivity contribution in [1.82, 2.24) is 20.3 Å². The van der Waals surface area contributed by atoms with Gasteiger partial charge in [0, 0.05) is 39.2 Å². The zero-order valence-corrected chi connectivity index (χ0v) is 20.5. The molecule has 0 aliphatic carbocycles. The number of pyridine rings is 1. The van der Waals surface area contributed by atoms with E-state index in [1.165, 1.54) is 41.7 Å². The molecule has 1 aliphatic heterocycles. The monoisotopic (exact) mass is 515 g/mol. The van der Waals surface area contributed by atoms with Gasteiger partial charge in [-0.05, 0) is 66.0 Å². The van der Waals surface area contributed by atoms with E-state index in [0.717, 1.165) is 25.6 Å². The van der Waals surface area contributed by atoms with Crippen molar-refractivity contribution in [3.05, 3.63) is 84.1 Å². The van der Waals surface area contributed by atoms with Gasteiger partial charge in [0.15, 0.2) is 0 Å². The van der Waals surface area contributed by atoms with Gasteiger partial charge in [-0.3, -0.25) is 4.79 Å². The molecule has 0 saturated heterocycles. The first-order valence-electron chi connectivity index (χ1n) is 11.0. The molecule has 0 spiro atoms. The number of hydrogen-bond donors (Lipinski definition) is 2. The van der Waals surface area contributed by atoms with Gasteiger partial charge in [0.2, 0.25) is 5.88 Å². The maximum absolute atomic E-state index is 14.6. The average molecular weight is 516 g/mol. The Bertz CT molecular complexity index is 1640. The summed E-state index contributed by atoms with van der Waals surface area (Å²) in [4.78, 5) is 28.0. The molecule has 2 aromatic carbocycles. The van der Waals surface area contributed by atoms with Crippen molar-refractivity contribution in [2.24, 2.45) is 0 Å². The maximum Gasteiger partial charge on any atom is 0.251 e. The molecule has 4 heterocycles. The molecule has 10 heteroatoms. The van der Waals surface area contributed by atoms with E-state index in [-0.39, 0.29) is 12.5 Å². The van der Waals surface area contributed by atoms with E-state index < -0.39 is 5.82 Å². The molecule has 0 fully saturated rings. The number of aromatic nitrogens is 3. The van der Waals surface area contributed by atoms with Crippen molar-refractivity contribution in [3.8, 4) is 27.6 Å². The Morgan fingerprint density at radius 2 is 1.92 bits per heavy atom. The average Bonchev–Trinajstić information content (AvgIpc) is 3.34. The number of hydrogen-bond acceptors (Lipinski definition) is 8. The van der Waals surface area contributed by atoms with Crippen LogP contribution in [0.15, 0.2) is 72.0 Å². The van der Waals surface area contributed by atoms with Crippen molar-refractivity contribution in [2.45, 2.75) is 11.4 Å². The number of thiophene rings is 1. The first-order valence-corrected chi connectivity index (χ1v) is 12.6. The molecule has 0 radical (unpaired) electrons. The van der Waals surface area contributed by atoms with Crippen LogP contribution >= 0.6 is 23.3 Å². The molecule has 3 aromatic heterocycles. The Morgan fingerprint density at radius 1 is 1.00 bits per heavy atom. The predicted octanol–water partition coefficient (Wildman–Crippen LogP) is 5.93. The number of halogens is 1. The highest BCUT2D eigenvalue weighted by Crippen LogP contribution is 2.39. The second-order valence-corrected chi connectivity index (χ2v) is 10.0. The fraction of sp³-hybridized carbons (Fsp3) is 0.0769. The zero-order chi connectivity index (χ0) is 24.6. The molecule has 2 N–H and O–H groups in total. The van der Waals surface area contributed by atoms with Crippen LogP contribution < -0.4 is 14.8 Å². The van der Waals surface area contributed by atoms with E-state index in [9.17, 15) is 9.18 Å². The van der Waals surface area contributed by atoms with Crippen LogP contribution in [0, 0.1) is 5.82 Å². The van der Waals surface area contributed by atoms with Crippen LogP contribution in [0.25, 0.3) is 31.9 Å². The molecule has 0 unspecified atom stereocenters. The van der Waals surface area contributed by atoms with Crippen molar-refractivity contribution >= 4 is 45.1 Å². The summed E-state index contributed by atoms with van der Waals surface area (Å²) in [5.41, 5.74) is 4.71. The summed E-state index contributed by atoms with van der Waals surface area (Å²) in [6.07, 6.45) is 3.22. The number of methoxy groups -OCH3 is 1. The molecule has 178 valence electrons. The number of ether oxygens (including phenoxy) is 1. The van der Waals surface area contributed by atoms with Gasteiger partial charge in [-0.15, -0.1) is 11.3 Å². The van der Waals surface area contributed by atoms with E-state index in [2.05, 4.69) is 25.0 Å². The van der Waals surface area contributed by atoms with Crippen molar-refractivity contribution < 1.29 is 13.9 Å². The second kappa shape index (κ2) is 9.21. The van der Waals surface area contributed by atoms with Crippen molar-refractivity contribution in [3.63, 3.8) is 0 Å². The number of carbonyl (C=O) groups is 1. The molecule has 8 bridgehead atoms. The Hall–Kier alpha value is -4.02. The van der Waals surface area contributed by atoms with Crippen LogP contribution in [-0.4, -0.2) is 28.0 Å². The summed E-state index contributed by atoms with van der Waals surface area (Å²) in [5, 5.41) is 2.88. The van der Waals surface area contributed by atoms with Gasteiger partial charge in [0.05, 0.1) is 23.0 Å². The normalized spacial score (nSPS) is 13.0. The lowest BCUT2D eigenvalue weighted by atomic mass is 10.1. The largest absolute Gasteiger partial charge is 0.480 e. The Kier molecular flexibility index (Phi) is 5.74. The molecule has 0 atom stereocenters. The van der Waals surface area contributed by atoms with Gasteiger partial charge in [0.1, 0.15) is 17.8 Å². The lowest BCUT2D eigenvalue weighted by molar-refractivity contribution is 0.0950. The minimum atomic E-state index is -0.400. The summed E-state index contributed by atoms with van der Waals surface area (Å²) in [7, 11) is 1.57. The van der Waals surface area contributed by atoms with Crippen LogP contribution in [-0.2, 0) is 6.54 Å². The Balaban J connectivity index is 1.54. The van der Waals surface area contributed by atoms with E-state index in [1.54, 1.807) is 25.4 Å². The minimum absolute atomic E-state index is 0.177. The molecule has 0 saturated carbocycles. The van der Waals surface area contributed by atoms with Crippen LogP contribution in [0.4, 0.5) is 10.1 Å². The summed E-state index contributed by atoms with van der Waals surface area (Å²) < 4.78 is 24.2. The van der Waals surface area contributed by atoms with Crippen molar-refractivity contribution in [1.29, 1.82) is 0 Å². The van der Waals surface area contributed by atoms with Crippen molar-refractivity contribution in [2.75, 3.05) is 11.8 Å². The van der Waals surface area contributed by atoms with Gasteiger partial charge in [-0.2, -0.15) is 0 Å². The number of fused-ring (bicyclic) bond motifs is 9. The topological polar surface area (TPSA) is 89.0 Å². The zero-order valence-electron chi connectivity index (χ0n) is 18.9. The molecular weight excluding hydrogens is 497 g/mol. The number of carbonyl (C=O) groups excluding carboxylic acids is 1.